The van der Waals surface area contributed by atoms with Gasteiger partial charge in [-0.05, 0) is 36.5 Å². The van der Waals surface area contributed by atoms with Crippen molar-refractivity contribution >= 4 is 21.8 Å². The van der Waals surface area contributed by atoms with Crippen LogP contribution in [0.4, 0.5) is 0 Å². The molecular weight excluding hydrogens is 336 g/mol. The minimum absolute atomic E-state index is 0.227. The van der Waals surface area contributed by atoms with E-state index in [4.69, 9.17) is 16.3 Å². The van der Waals surface area contributed by atoms with Gasteiger partial charge in [0.15, 0.2) is 0 Å². The molecule has 0 amide bonds. The fourth-order valence-electron chi connectivity index (χ4n) is 3.26. The zero-order valence-corrected chi connectivity index (χ0v) is 14.7. The molecule has 7 heteroatoms. The van der Waals surface area contributed by atoms with Crippen LogP contribution in [0.1, 0.15) is 30.7 Å². The number of rotatable bonds is 3. The summed E-state index contributed by atoms with van der Waals surface area (Å²) in [4.78, 5) is 0. The SMILES string of the molecule is O=S(=O)(N1CCOCC1)N1CCCC[C@H](c2ccc(Cl)cc2)C1. The van der Waals surface area contributed by atoms with E-state index in [1.807, 2.05) is 24.3 Å². The maximum absolute atomic E-state index is 12.9. The normalized spacial score (nSPS) is 25.2. The summed E-state index contributed by atoms with van der Waals surface area (Å²) >= 11 is 5.96. The third kappa shape index (κ3) is 4.06. The Morgan fingerprint density at radius 3 is 2.39 bits per heavy atom. The third-order valence-electron chi connectivity index (χ3n) is 4.60. The van der Waals surface area contributed by atoms with Gasteiger partial charge in [-0.25, -0.2) is 0 Å². The molecule has 5 nitrogen and oxygen atoms in total. The summed E-state index contributed by atoms with van der Waals surface area (Å²) in [6.07, 6.45) is 2.97. The predicted molar refractivity (Wildman–Crippen MR) is 90.9 cm³/mol. The van der Waals surface area contributed by atoms with Crippen molar-refractivity contribution in [2.24, 2.45) is 0 Å². The first kappa shape index (κ1) is 17.2. The lowest BCUT2D eigenvalue weighted by molar-refractivity contribution is 0.0701. The Labute approximate surface area is 143 Å². The minimum atomic E-state index is -3.40. The Morgan fingerprint density at radius 2 is 1.70 bits per heavy atom. The lowest BCUT2D eigenvalue weighted by Crippen LogP contribution is -2.49. The molecule has 0 unspecified atom stereocenters. The zero-order valence-electron chi connectivity index (χ0n) is 13.2. The van der Waals surface area contributed by atoms with Crippen LogP contribution in [0.25, 0.3) is 0 Å². The molecular formula is C16H23ClN2O3S. The molecule has 0 spiro atoms. The second-order valence-corrected chi connectivity index (χ2v) is 8.49. The van der Waals surface area contributed by atoms with Crippen LogP contribution in [0.2, 0.25) is 5.02 Å². The second kappa shape index (κ2) is 7.49. The summed E-state index contributed by atoms with van der Waals surface area (Å²) in [5.41, 5.74) is 1.17. The molecule has 0 saturated carbocycles. The molecule has 2 saturated heterocycles. The molecule has 2 aliphatic heterocycles. The number of halogens is 1. The summed E-state index contributed by atoms with van der Waals surface area (Å²) in [6.45, 7) is 3.00. The number of ether oxygens (including phenoxy) is 1. The van der Waals surface area contributed by atoms with Gasteiger partial charge in [0.25, 0.3) is 10.2 Å². The van der Waals surface area contributed by atoms with Crippen molar-refractivity contribution in [2.75, 3.05) is 39.4 Å². The molecule has 1 aromatic carbocycles. The highest BCUT2D eigenvalue weighted by atomic mass is 35.5. The molecule has 0 N–H and O–H groups in total. The molecule has 1 aromatic rings. The van der Waals surface area contributed by atoms with E-state index < -0.39 is 10.2 Å². The molecule has 0 radical (unpaired) electrons. The molecule has 1 atom stereocenters. The Kier molecular flexibility index (Phi) is 5.59. The van der Waals surface area contributed by atoms with Crippen LogP contribution in [0.3, 0.4) is 0 Å². The molecule has 2 fully saturated rings. The summed E-state index contributed by atoms with van der Waals surface area (Å²) in [5.74, 6) is 0.227. The lowest BCUT2D eigenvalue weighted by Gasteiger charge is -2.32. The first-order chi connectivity index (χ1) is 11.1. The van der Waals surface area contributed by atoms with Crippen LogP contribution in [0.5, 0.6) is 0 Å². The van der Waals surface area contributed by atoms with Crippen molar-refractivity contribution in [2.45, 2.75) is 25.2 Å². The highest BCUT2D eigenvalue weighted by molar-refractivity contribution is 7.86. The summed E-state index contributed by atoms with van der Waals surface area (Å²) < 4.78 is 34.3. The fraction of sp³-hybridized carbons (Fsp3) is 0.625. The molecule has 3 rings (SSSR count). The largest absolute Gasteiger partial charge is 0.379 e. The van der Waals surface area contributed by atoms with E-state index in [2.05, 4.69) is 0 Å². The first-order valence-corrected chi connectivity index (χ1v) is 9.93. The first-order valence-electron chi connectivity index (χ1n) is 8.16. The quantitative estimate of drug-likeness (QED) is 0.834. The average molecular weight is 359 g/mol. The Morgan fingerprint density at radius 1 is 1.00 bits per heavy atom. The Bertz CT molecular complexity index is 615. The van der Waals surface area contributed by atoms with E-state index in [1.54, 1.807) is 8.61 Å². The van der Waals surface area contributed by atoms with Crippen molar-refractivity contribution in [1.29, 1.82) is 0 Å². The van der Waals surface area contributed by atoms with E-state index in [9.17, 15) is 8.42 Å². The van der Waals surface area contributed by atoms with Gasteiger partial charge in [0.2, 0.25) is 0 Å². The van der Waals surface area contributed by atoms with Crippen molar-refractivity contribution in [3.8, 4) is 0 Å². The van der Waals surface area contributed by atoms with Crippen LogP contribution < -0.4 is 0 Å². The van der Waals surface area contributed by atoms with Gasteiger partial charge in [0, 0.05) is 31.2 Å². The van der Waals surface area contributed by atoms with E-state index >= 15 is 0 Å². The topological polar surface area (TPSA) is 49.9 Å². The molecule has 23 heavy (non-hydrogen) atoms. The van der Waals surface area contributed by atoms with Gasteiger partial charge in [-0.1, -0.05) is 30.2 Å². The maximum atomic E-state index is 12.9. The number of hydrogen-bond donors (Lipinski definition) is 0. The molecule has 0 aliphatic carbocycles. The van der Waals surface area contributed by atoms with Crippen molar-refractivity contribution in [3.63, 3.8) is 0 Å². The minimum Gasteiger partial charge on any atom is -0.379 e. The summed E-state index contributed by atoms with van der Waals surface area (Å²) in [6, 6.07) is 7.78. The van der Waals surface area contributed by atoms with E-state index in [0.717, 1.165) is 19.3 Å². The maximum Gasteiger partial charge on any atom is 0.282 e. The zero-order chi connectivity index (χ0) is 16.3. The van der Waals surface area contributed by atoms with Gasteiger partial charge in [-0.3, -0.25) is 0 Å². The van der Waals surface area contributed by atoms with Crippen LogP contribution in [0.15, 0.2) is 24.3 Å². The van der Waals surface area contributed by atoms with Gasteiger partial charge in [-0.15, -0.1) is 0 Å². The van der Waals surface area contributed by atoms with E-state index in [0.29, 0.717) is 44.4 Å². The molecule has 0 bridgehead atoms. The van der Waals surface area contributed by atoms with Crippen LogP contribution in [-0.2, 0) is 14.9 Å². The van der Waals surface area contributed by atoms with Gasteiger partial charge < -0.3 is 4.74 Å². The van der Waals surface area contributed by atoms with Crippen LogP contribution >= 0.6 is 11.6 Å². The lowest BCUT2D eigenvalue weighted by atomic mass is 9.95. The fourth-order valence-corrected chi connectivity index (χ4v) is 5.06. The Balaban J connectivity index is 1.77. The van der Waals surface area contributed by atoms with Crippen LogP contribution in [0, 0.1) is 0 Å². The number of benzene rings is 1. The number of hydrogen-bond acceptors (Lipinski definition) is 3. The van der Waals surface area contributed by atoms with Gasteiger partial charge in [0.1, 0.15) is 0 Å². The smallest absolute Gasteiger partial charge is 0.282 e. The molecule has 2 heterocycles. The second-order valence-electron chi connectivity index (χ2n) is 6.12. The molecule has 128 valence electrons. The van der Waals surface area contributed by atoms with Crippen molar-refractivity contribution < 1.29 is 13.2 Å². The summed E-state index contributed by atoms with van der Waals surface area (Å²) in [5, 5.41) is 0.708. The molecule has 2 aliphatic rings. The van der Waals surface area contributed by atoms with E-state index in [1.165, 1.54) is 5.56 Å². The summed E-state index contributed by atoms with van der Waals surface area (Å²) in [7, 11) is -3.40. The predicted octanol–water partition coefficient (Wildman–Crippen LogP) is 2.49. The van der Waals surface area contributed by atoms with Gasteiger partial charge in [0.05, 0.1) is 13.2 Å². The van der Waals surface area contributed by atoms with Crippen LogP contribution in [-0.4, -0.2) is 56.4 Å². The van der Waals surface area contributed by atoms with Crippen molar-refractivity contribution in [1.82, 2.24) is 8.61 Å². The highest BCUT2D eigenvalue weighted by Crippen LogP contribution is 2.29. The van der Waals surface area contributed by atoms with Gasteiger partial charge >= 0.3 is 0 Å². The molecule has 0 aromatic heterocycles. The third-order valence-corrected chi connectivity index (χ3v) is 6.85. The Hall–Kier alpha value is -0.660. The van der Waals surface area contributed by atoms with E-state index in [-0.39, 0.29) is 5.92 Å². The highest BCUT2D eigenvalue weighted by Gasteiger charge is 2.33. The standard InChI is InChI=1S/C16H23ClN2O3S/c17-16-6-4-14(5-7-16)15-3-1-2-8-19(13-15)23(20,21)18-9-11-22-12-10-18/h4-7,15H,1-3,8-13H2/t15-/m0/s1. The average Bonchev–Trinajstić information content (AvgIpc) is 2.83. The number of morpholine rings is 1. The van der Waals surface area contributed by atoms with Gasteiger partial charge in [-0.2, -0.15) is 17.0 Å². The monoisotopic (exact) mass is 358 g/mol. The van der Waals surface area contributed by atoms with Crippen molar-refractivity contribution in [3.05, 3.63) is 34.9 Å². The number of nitrogens with zero attached hydrogens (tertiary/aromatic N) is 2.